The van der Waals surface area contributed by atoms with Crippen LogP contribution in [0.4, 0.5) is 5.69 Å². The fourth-order valence-corrected chi connectivity index (χ4v) is 4.16. The van der Waals surface area contributed by atoms with Gasteiger partial charge in [-0.05, 0) is 41.2 Å². The zero-order valence-electron chi connectivity index (χ0n) is 19.6. The molecule has 6 nitrogen and oxygen atoms in total. The number of nitrogens with zero attached hydrogens (tertiary/aromatic N) is 1. The van der Waals surface area contributed by atoms with Gasteiger partial charge < -0.3 is 15.4 Å². The Hall–Kier alpha value is -3.64. The van der Waals surface area contributed by atoms with E-state index in [0.717, 1.165) is 11.1 Å². The fraction of sp³-hybridized carbons (Fsp3) is 0.286. The van der Waals surface area contributed by atoms with E-state index in [1.165, 1.54) is 5.56 Å². The van der Waals surface area contributed by atoms with Crippen molar-refractivity contribution in [2.45, 2.75) is 44.8 Å². The molecular formula is C28H31N3O3. The van der Waals surface area contributed by atoms with Gasteiger partial charge in [0.05, 0.1) is 18.3 Å². The van der Waals surface area contributed by atoms with Crippen LogP contribution < -0.4 is 20.7 Å². The lowest BCUT2D eigenvalue weighted by Gasteiger charge is -2.27. The molecule has 1 aliphatic rings. The quantitative estimate of drug-likeness (QED) is 0.539. The SMILES string of the molecule is CC(C)c1ccc(CN2C(=O)C(N[C@@H](Cc3ccccc3)C(N)=O)COc3ccccc32)cc1. The number of amides is 2. The average Bonchev–Trinajstić information content (AvgIpc) is 2.97. The van der Waals surface area contributed by atoms with Crippen LogP contribution in [-0.2, 0) is 22.6 Å². The summed E-state index contributed by atoms with van der Waals surface area (Å²) in [4.78, 5) is 27.7. The first-order chi connectivity index (χ1) is 16.4. The van der Waals surface area contributed by atoms with Crippen LogP contribution in [0, 0.1) is 0 Å². The van der Waals surface area contributed by atoms with E-state index in [1.807, 2.05) is 54.6 Å². The third-order valence-corrected chi connectivity index (χ3v) is 6.14. The van der Waals surface area contributed by atoms with Crippen molar-refractivity contribution < 1.29 is 14.3 Å². The molecule has 1 heterocycles. The van der Waals surface area contributed by atoms with Crippen LogP contribution in [0.1, 0.15) is 36.5 Å². The number of nitrogens with two attached hydrogens (primary N) is 1. The highest BCUT2D eigenvalue weighted by atomic mass is 16.5. The zero-order chi connectivity index (χ0) is 24.1. The summed E-state index contributed by atoms with van der Waals surface area (Å²) in [6.45, 7) is 4.82. The second-order valence-corrected chi connectivity index (χ2v) is 8.96. The van der Waals surface area contributed by atoms with Gasteiger partial charge in [-0.2, -0.15) is 0 Å². The van der Waals surface area contributed by atoms with Gasteiger partial charge in [0.25, 0.3) is 0 Å². The average molecular weight is 458 g/mol. The maximum absolute atomic E-state index is 13.7. The standard InChI is InChI=1S/C28H31N3O3/c1-19(2)22-14-12-21(13-15-22)17-31-25-10-6-7-11-26(25)34-18-24(28(31)33)30-23(27(29)32)16-20-8-4-3-5-9-20/h3-15,19,23-24,30H,16-18H2,1-2H3,(H2,29,32)/t23-,24?/m0/s1. The lowest BCUT2D eigenvalue weighted by molar-refractivity contribution is -0.123. The summed E-state index contributed by atoms with van der Waals surface area (Å²) in [7, 11) is 0. The van der Waals surface area contributed by atoms with Crippen molar-refractivity contribution in [3.05, 3.63) is 95.6 Å². The second kappa shape index (κ2) is 10.5. The van der Waals surface area contributed by atoms with E-state index in [0.29, 0.717) is 30.3 Å². The molecule has 34 heavy (non-hydrogen) atoms. The Morgan fingerprint density at radius 2 is 1.68 bits per heavy atom. The number of ether oxygens (including phenoxy) is 1. The Bertz CT molecular complexity index is 1130. The van der Waals surface area contributed by atoms with Gasteiger partial charge in [0.2, 0.25) is 11.8 Å². The lowest BCUT2D eigenvalue weighted by Crippen LogP contribution is -2.55. The normalized spacial score (nSPS) is 16.5. The highest BCUT2D eigenvalue weighted by Gasteiger charge is 2.34. The molecule has 6 heteroatoms. The topological polar surface area (TPSA) is 84.7 Å². The van der Waals surface area contributed by atoms with Crippen LogP contribution in [0.2, 0.25) is 0 Å². The molecule has 0 fully saturated rings. The second-order valence-electron chi connectivity index (χ2n) is 8.96. The molecule has 3 N–H and O–H groups in total. The van der Waals surface area contributed by atoms with Crippen LogP contribution in [0.3, 0.4) is 0 Å². The summed E-state index contributed by atoms with van der Waals surface area (Å²) < 4.78 is 6.00. The lowest BCUT2D eigenvalue weighted by atomic mass is 10.0. The number of carbonyl (C=O) groups excluding carboxylic acids is 2. The van der Waals surface area contributed by atoms with E-state index >= 15 is 0 Å². The monoisotopic (exact) mass is 457 g/mol. The number of carbonyl (C=O) groups is 2. The van der Waals surface area contributed by atoms with E-state index in [9.17, 15) is 9.59 Å². The van der Waals surface area contributed by atoms with Crippen molar-refractivity contribution >= 4 is 17.5 Å². The Labute approximate surface area is 200 Å². The van der Waals surface area contributed by atoms with Gasteiger partial charge >= 0.3 is 0 Å². The number of para-hydroxylation sites is 2. The number of hydrogen-bond acceptors (Lipinski definition) is 4. The minimum atomic E-state index is -0.719. The number of hydrogen-bond donors (Lipinski definition) is 2. The fourth-order valence-electron chi connectivity index (χ4n) is 4.16. The molecule has 0 saturated heterocycles. The molecule has 0 saturated carbocycles. The van der Waals surface area contributed by atoms with E-state index in [4.69, 9.17) is 10.5 Å². The molecule has 4 rings (SSSR count). The van der Waals surface area contributed by atoms with Crippen molar-refractivity contribution in [3.63, 3.8) is 0 Å². The largest absolute Gasteiger partial charge is 0.489 e. The molecule has 0 aromatic heterocycles. The van der Waals surface area contributed by atoms with E-state index in [2.05, 4.69) is 43.4 Å². The molecule has 0 spiro atoms. The number of nitrogens with one attached hydrogen (secondary N) is 1. The summed E-state index contributed by atoms with van der Waals surface area (Å²) in [5.74, 6) is 0.413. The first kappa shape index (κ1) is 23.5. The van der Waals surface area contributed by atoms with Crippen LogP contribution in [0.15, 0.2) is 78.9 Å². The number of anilines is 1. The van der Waals surface area contributed by atoms with Gasteiger partial charge in [-0.15, -0.1) is 0 Å². The Balaban J connectivity index is 1.59. The van der Waals surface area contributed by atoms with E-state index in [-0.39, 0.29) is 12.5 Å². The van der Waals surface area contributed by atoms with Crippen LogP contribution in [-0.4, -0.2) is 30.5 Å². The molecule has 3 aromatic rings. The van der Waals surface area contributed by atoms with Gasteiger partial charge in [-0.3, -0.25) is 14.9 Å². The van der Waals surface area contributed by atoms with Crippen molar-refractivity contribution in [2.75, 3.05) is 11.5 Å². The number of benzene rings is 3. The first-order valence-electron chi connectivity index (χ1n) is 11.6. The number of rotatable bonds is 8. The van der Waals surface area contributed by atoms with Crippen LogP contribution in [0.25, 0.3) is 0 Å². The summed E-state index contributed by atoms with van der Waals surface area (Å²) >= 11 is 0. The van der Waals surface area contributed by atoms with Crippen LogP contribution >= 0.6 is 0 Å². The third kappa shape index (κ3) is 5.46. The zero-order valence-corrected chi connectivity index (χ0v) is 19.6. The molecule has 0 aliphatic carbocycles. The molecule has 0 radical (unpaired) electrons. The molecule has 2 atom stereocenters. The van der Waals surface area contributed by atoms with Crippen molar-refractivity contribution in [2.24, 2.45) is 5.73 Å². The summed E-state index contributed by atoms with van der Waals surface area (Å²) in [6, 6.07) is 24.0. The molecule has 1 aliphatic heterocycles. The van der Waals surface area contributed by atoms with Gasteiger partial charge in [0.1, 0.15) is 18.4 Å². The highest BCUT2D eigenvalue weighted by molar-refractivity contribution is 5.99. The summed E-state index contributed by atoms with van der Waals surface area (Å²) in [5.41, 5.74) is 9.64. The molecule has 0 bridgehead atoms. The van der Waals surface area contributed by atoms with Gasteiger partial charge in [-0.1, -0.05) is 80.6 Å². The predicted molar refractivity (Wildman–Crippen MR) is 134 cm³/mol. The maximum Gasteiger partial charge on any atom is 0.248 e. The van der Waals surface area contributed by atoms with Crippen molar-refractivity contribution in [1.82, 2.24) is 5.32 Å². The molecule has 1 unspecified atom stereocenters. The molecule has 176 valence electrons. The maximum atomic E-state index is 13.7. The number of primary amides is 1. The van der Waals surface area contributed by atoms with Gasteiger partial charge in [0, 0.05) is 0 Å². The molecule has 2 amide bonds. The summed E-state index contributed by atoms with van der Waals surface area (Å²) in [6.07, 6.45) is 0.392. The van der Waals surface area contributed by atoms with Gasteiger partial charge in [-0.25, -0.2) is 0 Å². The Morgan fingerprint density at radius 1 is 1.00 bits per heavy atom. The predicted octanol–water partition coefficient (Wildman–Crippen LogP) is 3.79. The van der Waals surface area contributed by atoms with Crippen LogP contribution in [0.5, 0.6) is 5.75 Å². The van der Waals surface area contributed by atoms with Crippen molar-refractivity contribution in [1.29, 1.82) is 0 Å². The minimum Gasteiger partial charge on any atom is -0.489 e. The first-order valence-corrected chi connectivity index (χ1v) is 11.6. The van der Waals surface area contributed by atoms with Crippen molar-refractivity contribution in [3.8, 4) is 5.75 Å². The van der Waals surface area contributed by atoms with E-state index < -0.39 is 18.0 Å². The Morgan fingerprint density at radius 3 is 2.35 bits per heavy atom. The van der Waals surface area contributed by atoms with Gasteiger partial charge in [0.15, 0.2) is 0 Å². The van der Waals surface area contributed by atoms with E-state index in [1.54, 1.807) is 4.90 Å². The summed E-state index contributed by atoms with van der Waals surface area (Å²) in [5, 5.41) is 3.18. The minimum absolute atomic E-state index is 0.108. The third-order valence-electron chi connectivity index (χ3n) is 6.14. The number of fused-ring (bicyclic) bond motifs is 1. The molecular weight excluding hydrogens is 426 g/mol. The highest BCUT2D eigenvalue weighted by Crippen LogP contribution is 2.32. The smallest absolute Gasteiger partial charge is 0.248 e. The molecule has 3 aromatic carbocycles. The Kier molecular flexibility index (Phi) is 7.28.